The van der Waals surface area contributed by atoms with E-state index in [-0.39, 0.29) is 135 Å². The summed E-state index contributed by atoms with van der Waals surface area (Å²) in [6.45, 7) is 14.4. The number of nitrogen functional groups attached to an aromatic ring is 3. The van der Waals surface area contributed by atoms with Gasteiger partial charge in [-0.1, -0.05) is 72.8 Å². The van der Waals surface area contributed by atoms with Gasteiger partial charge in [-0.3, -0.25) is 14.4 Å². The van der Waals surface area contributed by atoms with E-state index in [0.29, 0.717) is 101 Å². The molecule has 0 aliphatic carbocycles. The van der Waals surface area contributed by atoms with Gasteiger partial charge in [0.25, 0.3) is 17.7 Å². The summed E-state index contributed by atoms with van der Waals surface area (Å²) >= 11 is 0. The average Bonchev–Trinajstić information content (AvgIpc) is 0.799. The van der Waals surface area contributed by atoms with Crippen LogP contribution in [0.4, 0.5) is 44.1 Å². The lowest BCUT2D eigenvalue weighted by atomic mass is 10.1. The Labute approximate surface area is 713 Å². The normalized spacial score (nSPS) is 15.3. The van der Waals surface area contributed by atoms with Gasteiger partial charge in [0.15, 0.2) is 34.5 Å². The molecule has 0 fully saturated rings. The van der Waals surface area contributed by atoms with Crippen LogP contribution in [0, 0.1) is 0 Å². The van der Waals surface area contributed by atoms with E-state index < -0.39 is 71.2 Å². The van der Waals surface area contributed by atoms with Gasteiger partial charge < -0.3 is 91.3 Å². The van der Waals surface area contributed by atoms with E-state index in [2.05, 4.69) is 55.9 Å². The van der Waals surface area contributed by atoms with Gasteiger partial charge in [-0.2, -0.15) is 8.61 Å². The number of ether oxygens (including phenoxy) is 8. The number of nitrogens with zero attached hydrogens (tertiary/aromatic N) is 10. The van der Waals surface area contributed by atoms with Gasteiger partial charge in [-0.15, -0.1) is 0 Å². The van der Waals surface area contributed by atoms with Crippen molar-refractivity contribution < 1.29 is 92.2 Å². The van der Waals surface area contributed by atoms with E-state index in [1.54, 1.807) is 151 Å². The lowest BCUT2D eigenvalue weighted by Crippen LogP contribution is -2.43. The molecule has 658 valence electrons. The molecule has 13 rings (SSSR count). The summed E-state index contributed by atoms with van der Waals surface area (Å²) in [6.07, 6.45) is 3.11. The second kappa shape index (κ2) is 44.1. The number of aromatic nitrogens is 6. The third-order valence-electron chi connectivity index (χ3n) is 17.8. The van der Waals surface area contributed by atoms with Gasteiger partial charge in [-0.25, -0.2) is 69.5 Å². The number of hydrogen-bond donors (Lipinski definition) is 9. The van der Waals surface area contributed by atoms with Crippen molar-refractivity contribution in [3.8, 4) is 51.0 Å². The second-order valence-electron chi connectivity index (χ2n) is 29.0. The van der Waals surface area contributed by atoms with Crippen LogP contribution in [0.5, 0.6) is 17.2 Å². The monoisotopic (exact) mass is 1750 g/mol. The molecule has 123 heavy (non-hydrogen) atoms. The zero-order valence-electron chi connectivity index (χ0n) is 69.4. The number of aliphatic hydroxyl groups excluding tert-OH is 1. The van der Waals surface area contributed by atoms with E-state index >= 15 is 0 Å². The van der Waals surface area contributed by atoms with Crippen LogP contribution in [0.3, 0.4) is 0 Å². The number of sulfonamides is 3. The predicted molar refractivity (Wildman–Crippen MR) is 459 cm³/mol. The van der Waals surface area contributed by atoms with Gasteiger partial charge in [0.1, 0.15) is 48.3 Å². The zero-order valence-corrected chi connectivity index (χ0v) is 71.9. The summed E-state index contributed by atoms with van der Waals surface area (Å²) < 4.78 is 126. The van der Waals surface area contributed by atoms with Crippen molar-refractivity contribution in [1.82, 2.24) is 58.4 Å². The number of nitrogens with one attached hydrogen (secondary N) is 5. The van der Waals surface area contributed by atoms with Gasteiger partial charge in [-0.05, 0) is 121 Å². The Kier molecular flexibility index (Phi) is 33.9. The molecule has 0 saturated heterocycles. The quantitative estimate of drug-likeness (QED) is 0.0379. The molecular formula is C82H102N18O20S3. The van der Waals surface area contributed by atoms with E-state index in [9.17, 15) is 54.3 Å². The number of hydrogen-bond acceptors (Lipinski definition) is 30. The SMILES string of the molecule is CN1CCN(C(=O)OC(C)(C)C)CCOCCOc2ccccc2NC(=O)c2nc(cnc2N)-c2ccc(cc2)S1(=O)=O.CN1CCNCCOCCOc2ccccc2NC(=O)c2nc(cnc2N)-c2ccc(cc2)S1(=O)=O.CNS(=O)(=O)c1ccc(-c2cnc(N)c(C(=O)Nc3ccccc3OCCOCCN(CCO)C(=O)OC(C)(C)C)n2)cc1. The third kappa shape index (κ3) is 27.7. The van der Waals surface area contributed by atoms with Crippen molar-refractivity contribution in [2.75, 3.05) is 173 Å². The highest BCUT2D eigenvalue weighted by Gasteiger charge is 2.29. The highest BCUT2D eigenvalue weighted by Crippen LogP contribution is 2.32. The Hall–Kier alpha value is -12.2. The van der Waals surface area contributed by atoms with E-state index in [0.717, 1.165) is 0 Å². The number of carbonyl (C=O) groups is 5. The third-order valence-corrected chi connectivity index (χ3v) is 22.9. The smallest absolute Gasteiger partial charge is 0.410 e. The van der Waals surface area contributed by atoms with Gasteiger partial charge in [0, 0.05) is 83.1 Å². The Morgan fingerprint density at radius 1 is 0.561 bits per heavy atom. The van der Waals surface area contributed by atoms with E-state index in [1.165, 1.54) is 94.5 Å². The molecule has 4 aliphatic rings. The molecule has 3 aromatic heterocycles. The van der Waals surface area contributed by atoms with Gasteiger partial charge in [0.05, 0.1) is 114 Å². The number of para-hydroxylation sites is 6. The molecule has 0 radical (unpaired) electrons. The maximum absolute atomic E-state index is 13.3. The molecule has 38 nitrogen and oxygen atoms in total. The van der Waals surface area contributed by atoms with E-state index in [4.69, 9.17) is 55.1 Å². The Balaban J connectivity index is 0.000000210. The van der Waals surface area contributed by atoms with Crippen molar-refractivity contribution in [2.24, 2.45) is 0 Å². The number of aliphatic hydroxyl groups is 1. The van der Waals surface area contributed by atoms with Crippen LogP contribution in [-0.4, -0.2) is 259 Å². The van der Waals surface area contributed by atoms with Crippen LogP contribution < -0.4 is 57.4 Å². The number of likely N-dealkylation sites (N-methyl/N-ethyl adjacent to an activating group) is 2. The first-order valence-electron chi connectivity index (χ1n) is 38.7. The summed E-state index contributed by atoms with van der Waals surface area (Å²) in [4.78, 5) is 93.0. The molecule has 41 heteroatoms. The molecule has 4 aliphatic heterocycles. The molecule has 12 N–H and O–H groups in total. The number of amides is 5. The highest BCUT2D eigenvalue weighted by molar-refractivity contribution is 7.89. The molecule has 5 amide bonds. The van der Waals surface area contributed by atoms with Crippen LogP contribution in [0.1, 0.15) is 73.0 Å². The number of nitrogens with two attached hydrogens (primary N) is 3. The minimum atomic E-state index is -3.89. The summed E-state index contributed by atoms with van der Waals surface area (Å²) in [7, 11) is -6.88. The Bertz CT molecular complexity index is 5460. The minimum absolute atomic E-state index is 0.0190. The fourth-order valence-corrected chi connectivity index (χ4v) is 14.3. The number of fused-ring (bicyclic) bond motifs is 26. The van der Waals surface area contributed by atoms with Crippen molar-refractivity contribution in [3.63, 3.8) is 0 Å². The van der Waals surface area contributed by atoms with Crippen molar-refractivity contribution in [2.45, 2.75) is 67.4 Å². The molecule has 0 spiro atoms. The van der Waals surface area contributed by atoms with Crippen molar-refractivity contribution in [3.05, 3.63) is 181 Å². The first-order valence-corrected chi connectivity index (χ1v) is 43.1. The van der Waals surface area contributed by atoms with Crippen LogP contribution in [0.2, 0.25) is 0 Å². The second-order valence-corrected chi connectivity index (χ2v) is 35.0. The lowest BCUT2D eigenvalue weighted by molar-refractivity contribution is 0.0125. The Morgan fingerprint density at radius 3 is 1.58 bits per heavy atom. The number of benzene rings is 6. The molecule has 0 unspecified atom stereocenters. The predicted octanol–water partition coefficient (Wildman–Crippen LogP) is 7.35. The summed E-state index contributed by atoms with van der Waals surface area (Å²) in [5.74, 6) is -0.678. The summed E-state index contributed by atoms with van der Waals surface area (Å²) in [5.41, 5.74) is 20.1. The van der Waals surface area contributed by atoms with Gasteiger partial charge >= 0.3 is 12.2 Å². The first kappa shape index (κ1) is 94.7. The first-order chi connectivity index (χ1) is 58.5. The lowest BCUT2D eigenvalue weighted by Gasteiger charge is -2.28. The van der Waals surface area contributed by atoms with Crippen LogP contribution in [-0.2, 0) is 53.8 Å². The maximum atomic E-state index is 13.3. The maximum Gasteiger partial charge on any atom is 0.410 e. The number of anilines is 6. The molecule has 0 atom stereocenters. The minimum Gasteiger partial charge on any atom is -0.489 e. The van der Waals surface area contributed by atoms with Crippen LogP contribution >= 0.6 is 0 Å². The zero-order chi connectivity index (χ0) is 89.1. The average molecular weight is 1760 g/mol. The number of rotatable bonds is 14. The molecule has 7 heterocycles. The standard InChI is InChI=1S/C29H38N6O8S.C29H36N6O7S.C24H28N6O5S/c1-29(2,3)43-28(38)35(13-15-36)14-16-41-17-18-42-24-8-6-5-7-22(24)34-27(37)25-26(30)32-19-23(33-25)20-9-11-21(12-10-20)44(39,40)31-4;1-29(2,3)42-28(37)35-14-13-34(4)43(38,39)21-11-9-20(10-12-21)23-19-31-26(30)25(32-23)27(36)33-22-7-5-6-8-24(22)41-18-17-40-16-15-35;1-30-12-10-26-11-13-34-14-15-35-21-5-3-2-4-19(21)29-24(31)22-23(25)27-16-20(28-22)17-6-8-18(9-7-17)36(30,32)33/h5-12,19,31,36H,13-18H2,1-4H3,(H2,30,32)(H,34,37);5-12,19H,13-18H2,1-4H3,(H2,30,31)(H,33,36);2-9,16,26H,10-15H2,1H3,(H2,25,27)(H,29,31). The summed E-state index contributed by atoms with van der Waals surface area (Å²) in [5, 5.41) is 20.7. The molecular weight excluding hydrogens is 1650 g/mol. The molecule has 6 aromatic carbocycles. The van der Waals surface area contributed by atoms with Gasteiger partial charge in [0.2, 0.25) is 30.1 Å². The molecule has 9 aromatic rings. The topological polar surface area (TPSA) is 510 Å². The van der Waals surface area contributed by atoms with Crippen LogP contribution in [0.25, 0.3) is 33.8 Å². The highest BCUT2D eigenvalue weighted by atomic mass is 32.2. The fourth-order valence-electron chi connectivity index (χ4n) is 11.3. The van der Waals surface area contributed by atoms with Crippen molar-refractivity contribution in [1.29, 1.82) is 0 Å². The molecule has 0 saturated carbocycles. The molecule has 8 bridgehead atoms. The van der Waals surface area contributed by atoms with E-state index in [1.807, 2.05) is 0 Å². The summed E-state index contributed by atoms with van der Waals surface area (Å²) in [6, 6.07) is 38.9. The largest absolute Gasteiger partial charge is 0.489 e. The van der Waals surface area contributed by atoms with Crippen LogP contribution in [0.15, 0.2) is 179 Å². The van der Waals surface area contributed by atoms with Crippen molar-refractivity contribution >= 4 is 94.5 Å². The Morgan fingerprint density at radius 2 is 1.05 bits per heavy atom. The fraction of sp³-hybridized carbons (Fsp3) is 0.354. The number of carbonyl (C=O) groups excluding carboxylic acids is 5.